The van der Waals surface area contributed by atoms with E-state index in [-0.39, 0.29) is 114 Å². The fourth-order valence-electron chi connectivity index (χ4n) is 8.72. The number of unbranched alkanes of at least 4 members (excludes halogenated alkanes) is 2. The lowest BCUT2D eigenvalue weighted by molar-refractivity contribution is -0.137. The number of benzene rings is 3. The van der Waals surface area contributed by atoms with Crippen molar-refractivity contribution in [1.29, 1.82) is 0 Å². The normalized spacial score (nSPS) is 17.4. The lowest BCUT2D eigenvalue weighted by atomic mass is 10.0. The summed E-state index contributed by atoms with van der Waals surface area (Å²) in [4.78, 5) is 110. The van der Waals surface area contributed by atoms with E-state index in [4.69, 9.17) is 9.05 Å². The lowest BCUT2D eigenvalue weighted by Crippen LogP contribution is -2.52. The summed E-state index contributed by atoms with van der Waals surface area (Å²) in [5.74, 6) is -2.40. The highest BCUT2D eigenvalue weighted by Crippen LogP contribution is 2.51. The third kappa shape index (κ3) is 18.3. The van der Waals surface area contributed by atoms with Crippen LogP contribution in [0.15, 0.2) is 78.9 Å². The second kappa shape index (κ2) is 28.9. The van der Waals surface area contributed by atoms with E-state index >= 15 is 0 Å². The first-order valence-corrected chi connectivity index (χ1v) is 26.6. The zero-order valence-corrected chi connectivity index (χ0v) is 43.1. The Morgan fingerprint density at radius 3 is 1.76 bits per heavy atom. The predicted octanol–water partition coefficient (Wildman–Crippen LogP) is 3.85. The van der Waals surface area contributed by atoms with Crippen LogP contribution in [0.4, 0.5) is 0 Å². The van der Waals surface area contributed by atoms with Gasteiger partial charge < -0.3 is 40.4 Å². The number of nitrogens with zero attached hydrogens (tertiary/aromatic N) is 5. The number of amides is 7. The Morgan fingerprint density at radius 1 is 0.667 bits per heavy atom. The summed E-state index contributed by atoms with van der Waals surface area (Å²) in [5, 5.41) is 7.67. The van der Waals surface area contributed by atoms with Gasteiger partial charge in [-0.25, -0.2) is 4.57 Å². The Hall–Kier alpha value is -5.98. The second-order valence-electron chi connectivity index (χ2n) is 18.2. The van der Waals surface area contributed by atoms with Crippen molar-refractivity contribution in [2.24, 2.45) is 0 Å². The maximum atomic E-state index is 14.6. The van der Waals surface area contributed by atoms with Crippen molar-refractivity contribution in [3.63, 3.8) is 0 Å². The van der Waals surface area contributed by atoms with Gasteiger partial charge in [0, 0.05) is 91.2 Å². The molecule has 5 rings (SSSR count). The summed E-state index contributed by atoms with van der Waals surface area (Å²) in [6.07, 6.45) is 3.41. The summed E-state index contributed by atoms with van der Waals surface area (Å²) >= 11 is 0. The molecule has 20 heteroatoms. The molecule has 72 heavy (non-hydrogen) atoms. The van der Waals surface area contributed by atoms with Crippen LogP contribution in [-0.2, 0) is 61.8 Å². The smallest absolute Gasteiger partial charge is 0.347 e. The molecule has 7 amide bonds. The molecule has 3 unspecified atom stereocenters. The number of fused-ring (bicyclic) bond motifs is 1. The summed E-state index contributed by atoms with van der Waals surface area (Å²) in [6, 6.07) is 24.1. The molecule has 1 fully saturated rings. The van der Waals surface area contributed by atoms with E-state index in [1.165, 1.54) is 18.7 Å². The molecule has 1 aliphatic heterocycles. The van der Waals surface area contributed by atoms with E-state index in [2.05, 4.69) is 27.8 Å². The molecular weight excluding hydrogens is 944 g/mol. The number of aryl methyl sites for hydroxylation is 1. The van der Waals surface area contributed by atoms with Crippen LogP contribution in [-0.4, -0.2) is 162 Å². The summed E-state index contributed by atoms with van der Waals surface area (Å²) in [7, 11) is -4.69. The first kappa shape index (κ1) is 56.9. The van der Waals surface area contributed by atoms with Crippen molar-refractivity contribution < 1.29 is 52.1 Å². The largest absolute Gasteiger partial charge is 0.472 e. The minimum absolute atomic E-state index is 0.0848. The molecule has 0 saturated carbocycles. The summed E-state index contributed by atoms with van der Waals surface area (Å²) in [5.41, 5.74) is 4.25. The zero-order chi connectivity index (χ0) is 52.0. The van der Waals surface area contributed by atoms with Crippen LogP contribution in [0.1, 0.15) is 98.5 Å². The van der Waals surface area contributed by atoms with Gasteiger partial charge in [-0.2, -0.15) is 0 Å². The SMILES string of the molecule is CCCCc1ccc(C(=O)N(Cc2ccccc2)C2c3ccccc3CC2OP(=O)(O)OCCCCN2CCN(C(=O)CNC(C)=O)CCN(C(=O)CNC(C)=O)CCN(C(=O)CNC(=O)CC)CC2)cc1. The first-order chi connectivity index (χ1) is 34.6. The van der Waals surface area contributed by atoms with E-state index in [0.717, 1.165) is 41.5 Å². The number of nitrogens with one attached hydrogen (secondary N) is 3. The fraction of sp³-hybridized carbons (Fsp3) is 0.519. The van der Waals surface area contributed by atoms with E-state index < -0.39 is 31.8 Å². The van der Waals surface area contributed by atoms with Crippen LogP contribution in [0.3, 0.4) is 0 Å². The number of phosphoric acid groups is 1. The van der Waals surface area contributed by atoms with Crippen molar-refractivity contribution in [1.82, 2.24) is 40.4 Å². The van der Waals surface area contributed by atoms with Crippen LogP contribution < -0.4 is 16.0 Å². The maximum Gasteiger partial charge on any atom is 0.472 e. The number of carbonyl (C=O) groups excluding carboxylic acids is 7. The number of hydrogen-bond donors (Lipinski definition) is 4. The Kier molecular flexibility index (Phi) is 22.9. The molecule has 0 bridgehead atoms. The molecular formula is C52H73N8O11P. The fourth-order valence-corrected chi connectivity index (χ4v) is 9.67. The van der Waals surface area contributed by atoms with Gasteiger partial charge in [-0.05, 0) is 66.6 Å². The monoisotopic (exact) mass is 1020 g/mol. The van der Waals surface area contributed by atoms with Crippen LogP contribution in [0.2, 0.25) is 0 Å². The molecule has 3 aromatic rings. The molecule has 1 heterocycles. The van der Waals surface area contributed by atoms with Crippen molar-refractivity contribution in [2.45, 2.75) is 91.3 Å². The number of carbonyl (C=O) groups is 7. The van der Waals surface area contributed by atoms with Gasteiger partial charge in [-0.3, -0.25) is 47.5 Å². The van der Waals surface area contributed by atoms with Crippen LogP contribution in [0.5, 0.6) is 0 Å². The van der Waals surface area contributed by atoms with E-state index in [1.54, 1.807) is 21.6 Å². The van der Waals surface area contributed by atoms with Gasteiger partial charge in [0.05, 0.1) is 38.4 Å². The maximum absolute atomic E-state index is 14.6. The number of rotatable bonds is 22. The molecule has 0 aromatic heterocycles. The van der Waals surface area contributed by atoms with Crippen molar-refractivity contribution >= 4 is 49.2 Å². The molecule has 19 nitrogen and oxygen atoms in total. The van der Waals surface area contributed by atoms with E-state index in [9.17, 15) is 43.0 Å². The van der Waals surface area contributed by atoms with Crippen molar-refractivity contribution in [3.8, 4) is 0 Å². The Morgan fingerprint density at radius 2 is 1.21 bits per heavy atom. The van der Waals surface area contributed by atoms with Crippen LogP contribution >= 0.6 is 7.82 Å². The summed E-state index contributed by atoms with van der Waals surface area (Å²) < 4.78 is 25.5. The van der Waals surface area contributed by atoms with Crippen LogP contribution in [0.25, 0.3) is 0 Å². The minimum atomic E-state index is -4.69. The third-order valence-electron chi connectivity index (χ3n) is 12.8. The van der Waals surface area contributed by atoms with Gasteiger partial charge in [0.1, 0.15) is 0 Å². The lowest BCUT2D eigenvalue weighted by Gasteiger charge is -2.35. The average Bonchev–Trinajstić information content (AvgIpc) is 3.72. The van der Waals surface area contributed by atoms with E-state index in [0.29, 0.717) is 38.0 Å². The number of phosphoric ester groups is 1. The molecule has 1 saturated heterocycles. The predicted molar refractivity (Wildman–Crippen MR) is 271 cm³/mol. The minimum Gasteiger partial charge on any atom is -0.347 e. The molecule has 1 aliphatic carbocycles. The second-order valence-corrected chi connectivity index (χ2v) is 19.6. The molecule has 2 aliphatic rings. The molecule has 4 N–H and O–H groups in total. The van der Waals surface area contributed by atoms with Gasteiger partial charge in [-0.1, -0.05) is 87.0 Å². The van der Waals surface area contributed by atoms with Crippen LogP contribution in [0, 0.1) is 0 Å². The third-order valence-corrected chi connectivity index (χ3v) is 13.8. The van der Waals surface area contributed by atoms with Crippen molar-refractivity contribution in [2.75, 3.05) is 85.1 Å². The highest BCUT2D eigenvalue weighted by Gasteiger charge is 2.43. The van der Waals surface area contributed by atoms with Crippen molar-refractivity contribution in [3.05, 3.63) is 107 Å². The van der Waals surface area contributed by atoms with Gasteiger partial charge >= 0.3 is 7.82 Å². The molecule has 3 atom stereocenters. The quantitative estimate of drug-likeness (QED) is 0.0832. The highest BCUT2D eigenvalue weighted by molar-refractivity contribution is 7.47. The average molecular weight is 1020 g/mol. The standard InChI is InChI=1S/C52H73N8O11P/c1-5-7-15-41-20-22-43(23-21-41)52(67)60(38-42-16-9-8-10-17-42)51-45-19-12-11-18-44(45)34-46(51)71-72(68,69)70-33-14-13-24-56-25-27-57(48(64)35-53-39(3)61)29-31-59(49(65)36-54-40(4)62)32-30-58(28-26-56)50(66)37-55-47(63)6-2/h8-12,16-23,46,51H,5-7,13-15,24-38H2,1-4H3,(H,53,61)(H,54,62)(H,55,63)(H,68,69). The molecule has 392 valence electrons. The summed E-state index contributed by atoms with van der Waals surface area (Å²) in [6.45, 7) is 7.69. The Labute approximate surface area is 423 Å². The van der Waals surface area contributed by atoms with Gasteiger partial charge in [0.25, 0.3) is 5.91 Å². The van der Waals surface area contributed by atoms with Gasteiger partial charge in [0.15, 0.2) is 0 Å². The molecule has 3 aromatic carbocycles. The first-order valence-electron chi connectivity index (χ1n) is 25.1. The molecule has 0 radical (unpaired) electrons. The number of hydrogen-bond acceptors (Lipinski definition) is 11. The Bertz CT molecular complexity index is 2340. The topological polar surface area (TPSA) is 228 Å². The van der Waals surface area contributed by atoms with E-state index in [1.807, 2.05) is 78.9 Å². The highest BCUT2D eigenvalue weighted by atomic mass is 31.2. The Balaban J connectivity index is 1.27. The zero-order valence-electron chi connectivity index (χ0n) is 42.2. The van der Waals surface area contributed by atoms with Gasteiger partial charge in [0.2, 0.25) is 35.4 Å². The van der Waals surface area contributed by atoms with Gasteiger partial charge in [-0.15, -0.1) is 0 Å². The molecule has 0 spiro atoms.